The Hall–Kier alpha value is -1.40. The topological polar surface area (TPSA) is 68.1 Å². The van der Waals surface area contributed by atoms with E-state index in [9.17, 15) is 10.1 Å². The predicted molar refractivity (Wildman–Crippen MR) is 73.3 cm³/mol. The summed E-state index contributed by atoms with van der Waals surface area (Å²) in [5.41, 5.74) is -0.232. The second-order valence-corrected chi connectivity index (χ2v) is 5.33. The van der Waals surface area contributed by atoms with Crippen LogP contribution in [0.15, 0.2) is 24.3 Å². The van der Waals surface area contributed by atoms with E-state index in [1.165, 1.54) is 0 Å². The molecule has 1 aromatic rings. The molecule has 18 heavy (non-hydrogen) atoms. The number of nitrogens with zero attached hydrogens (tertiary/aromatic N) is 2. The summed E-state index contributed by atoms with van der Waals surface area (Å²) in [5, 5.41) is 14.3. The molecule has 2 rings (SSSR count). The highest BCUT2D eigenvalue weighted by atomic mass is 35.5. The first-order valence-corrected chi connectivity index (χ1v) is 6.69. The SMILES string of the molecule is CCC1(Nc2nc(Cl)c([N+](=O)[O-])s2)C=CC=CC1. The number of anilines is 1. The Morgan fingerprint density at radius 3 is 2.94 bits per heavy atom. The first-order chi connectivity index (χ1) is 8.56. The maximum absolute atomic E-state index is 10.7. The molecule has 1 heterocycles. The van der Waals surface area contributed by atoms with Crippen LogP contribution in [-0.4, -0.2) is 15.4 Å². The van der Waals surface area contributed by atoms with Gasteiger partial charge in [-0.25, -0.2) is 4.98 Å². The molecule has 5 nitrogen and oxygen atoms in total. The third-order valence-corrected chi connectivity index (χ3v) is 4.16. The Balaban J connectivity index is 2.23. The number of hydrogen-bond acceptors (Lipinski definition) is 5. The van der Waals surface area contributed by atoms with E-state index < -0.39 is 4.92 Å². The van der Waals surface area contributed by atoms with Crippen molar-refractivity contribution in [1.29, 1.82) is 0 Å². The van der Waals surface area contributed by atoms with Crippen molar-refractivity contribution in [2.45, 2.75) is 25.3 Å². The number of nitro groups is 1. The minimum atomic E-state index is -0.513. The lowest BCUT2D eigenvalue weighted by molar-refractivity contribution is -0.380. The molecule has 0 fully saturated rings. The Morgan fingerprint density at radius 1 is 1.67 bits per heavy atom. The molecular weight excluding hydrogens is 274 g/mol. The van der Waals surface area contributed by atoms with Gasteiger partial charge in [-0.05, 0) is 24.2 Å². The molecule has 0 aliphatic heterocycles. The van der Waals surface area contributed by atoms with Crippen LogP contribution in [0.1, 0.15) is 19.8 Å². The van der Waals surface area contributed by atoms with Gasteiger partial charge in [-0.2, -0.15) is 0 Å². The lowest BCUT2D eigenvalue weighted by atomic mass is 9.89. The normalized spacial score (nSPS) is 22.1. The van der Waals surface area contributed by atoms with E-state index in [4.69, 9.17) is 11.6 Å². The van der Waals surface area contributed by atoms with Crippen molar-refractivity contribution in [1.82, 2.24) is 4.98 Å². The summed E-state index contributed by atoms with van der Waals surface area (Å²) in [6.07, 6.45) is 9.73. The van der Waals surface area contributed by atoms with Gasteiger partial charge in [-0.1, -0.05) is 42.8 Å². The quantitative estimate of drug-likeness (QED) is 0.675. The minimum Gasteiger partial charge on any atom is -0.352 e. The fourth-order valence-corrected chi connectivity index (χ4v) is 2.88. The van der Waals surface area contributed by atoms with Crippen molar-refractivity contribution in [3.8, 4) is 0 Å². The number of hydrogen-bond donors (Lipinski definition) is 1. The Labute approximate surface area is 113 Å². The van der Waals surface area contributed by atoms with Crippen LogP contribution in [0.2, 0.25) is 5.15 Å². The van der Waals surface area contributed by atoms with Crippen LogP contribution >= 0.6 is 22.9 Å². The monoisotopic (exact) mass is 285 g/mol. The van der Waals surface area contributed by atoms with Gasteiger partial charge in [0.05, 0.1) is 10.5 Å². The molecule has 0 amide bonds. The van der Waals surface area contributed by atoms with Gasteiger partial charge in [0.25, 0.3) is 0 Å². The summed E-state index contributed by atoms with van der Waals surface area (Å²) in [5.74, 6) is 0. The molecule has 0 spiro atoms. The first-order valence-electron chi connectivity index (χ1n) is 5.49. The van der Waals surface area contributed by atoms with Crippen molar-refractivity contribution < 1.29 is 4.92 Å². The van der Waals surface area contributed by atoms with Crippen LogP contribution in [0.25, 0.3) is 0 Å². The van der Waals surface area contributed by atoms with Gasteiger partial charge < -0.3 is 5.32 Å². The van der Waals surface area contributed by atoms with Crippen molar-refractivity contribution in [3.63, 3.8) is 0 Å². The molecule has 1 atom stereocenters. The van der Waals surface area contributed by atoms with Gasteiger partial charge in [-0.3, -0.25) is 10.1 Å². The zero-order chi connectivity index (χ0) is 13.2. The van der Waals surface area contributed by atoms with E-state index in [0.717, 1.165) is 24.2 Å². The van der Waals surface area contributed by atoms with E-state index in [2.05, 4.69) is 23.3 Å². The van der Waals surface area contributed by atoms with E-state index in [-0.39, 0.29) is 15.7 Å². The third-order valence-electron chi connectivity index (χ3n) is 2.87. The van der Waals surface area contributed by atoms with Crippen molar-refractivity contribution in [2.75, 3.05) is 5.32 Å². The molecule has 0 saturated heterocycles. The van der Waals surface area contributed by atoms with Crippen LogP contribution < -0.4 is 5.32 Å². The zero-order valence-corrected chi connectivity index (χ0v) is 11.3. The van der Waals surface area contributed by atoms with Crippen LogP contribution in [0.4, 0.5) is 10.1 Å². The zero-order valence-electron chi connectivity index (χ0n) is 9.72. The maximum atomic E-state index is 10.7. The molecule has 1 unspecified atom stereocenters. The number of rotatable bonds is 4. The summed E-state index contributed by atoms with van der Waals surface area (Å²) in [4.78, 5) is 14.2. The Bertz CT molecular complexity index is 526. The highest BCUT2D eigenvalue weighted by Crippen LogP contribution is 2.36. The number of allylic oxidation sites excluding steroid dienone is 2. The number of aromatic nitrogens is 1. The fraction of sp³-hybridized carbons (Fsp3) is 0.364. The van der Waals surface area contributed by atoms with Gasteiger partial charge in [0.15, 0.2) is 5.13 Å². The Morgan fingerprint density at radius 2 is 2.44 bits per heavy atom. The van der Waals surface area contributed by atoms with Crippen molar-refractivity contribution in [2.24, 2.45) is 0 Å². The molecule has 1 N–H and O–H groups in total. The summed E-state index contributed by atoms with van der Waals surface area (Å²) in [6, 6.07) is 0. The smallest absolute Gasteiger partial charge is 0.352 e. The average Bonchev–Trinajstić information content (AvgIpc) is 2.71. The molecule has 1 aliphatic carbocycles. The number of thiazole rings is 1. The lowest BCUT2D eigenvalue weighted by Crippen LogP contribution is -2.35. The van der Waals surface area contributed by atoms with Crippen LogP contribution in [0.5, 0.6) is 0 Å². The minimum absolute atomic E-state index is 0.0610. The highest BCUT2D eigenvalue weighted by Gasteiger charge is 2.28. The summed E-state index contributed by atoms with van der Waals surface area (Å²) in [6.45, 7) is 2.06. The van der Waals surface area contributed by atoms with E-state index in [0.29, 0.717) is 5.13 Å². The van der Waals surface area contributed by atoms with Gasteiger partial charge in [0.1, 0.15) is 0 Å². The summed E-state index contributed by atoms with van der Waals surface area (Å²) >= 11 is 6.70. The molecule has 0 radical (unpaired) electrons. The van der Waals surface area contributed by atoms with Crippen molar-refractivity contribution >= 4 is 33.1 Å². The third kappa shape index (κ3) is 2.54. The molecule has 1 aromatic heterocycles. The number of halogens is 1. The largest absolute Gasteiger partial charge is 0.364 e. The van der Waals surface area contributed by atoms with Crippen molar-refractivity contribution in [3.05, 3.63) is 39.6 Å². The molecule has 0 bridgehead atoms. The maximum Gasteiger partial charge on any atom is 0.364 e. The van der Waals surface area contributed by atoms with Crippen LogP contribution in [-0.2, 0) is 0 Å². The molecule has 0 saturated carbocycles. The number of nitrogens with one attached hydrogen (secondary N) is 1. The summed E-state index contributed by atoms with van der Waals surface area (Å²) < 4.78 is 0. The molecular formula is C11H12ClN3O2S. The summed E-state index contributed by atoms with van der Waals surface area (Å²) in [7, 11) is 0. The van der Waals surface area contributed by atoms with Gasteiger partial charge in [0.2, 0.25) is 5.15 Å². The van der Waals surface area contributed by atoms with Gasteiger partial charge in [0, 0.05) is 0 Å². The van der Waals surface area contributed by atoms with E-state index in [1.54, 1.807) is 0 Å². The van der Waals surface area contributed by atoms with Crippen LogP contribution in [0, 0.1) is 10.1 Å². The molecule has 1 aliphatic rings. The molecule has 96 valence electrons. The van der Waals surface area contributed by atoms with Gasteiger partial charge >= 0.3 is 5.00 Å². The molecule has 7 heteroatoms. The van der Waals surface area contributed by atoms with E-state index in [1.807, 2.05) is 18.2 Å². The Kier molecular flexibility index (Phi) is 3.68. The lowest BCUT2D eigenvalue weighted by Gasteiger charge is -2.30. The highest BCUT2D eigenvalue weighted by molar-refractivity contribution is 7.19. The first kappa shape index (κ1) is 13.0. The predicted octanol–water partition coefficient (Wildman–Crippen LogP) is 3.78. The fourth-order valence-electron chi connectivity index (χ4n) is 1.78. The second kappa shape index (κ2) is 5.07. The standard InChI is InChI=1S/C11H12ClN3O2S/c1-2-11(6-4-3-5-7-11)14-10-13-8(12)9(18-10)15(16)17/h3-6H,2,7H2,1H3,(H,13,14). The molecule has 0 aromatic carbocycles. The van der Waals surface area contributed by atoms with E-state index >= 15 is 0 Å². The second-order valence-electron chi connectivity index (χ2n) is 4.00. The van der Waals surface area contributed by atoms with Gasteiger partial charge in [-0.15, -0.1) is 0 Å². The average molecular weight is 286 g/mol. The van der Waals surface area contributed by atoms with Crippen LogP contribution in [0.3, 0.4) is 0 Å².